The quantitative estimate of drug-likeness (QED) is 0.854. The molecule has 24 heavy (non-hydrogen) atoms. The van der Waals surface area contributed by atoms with Gasteiger partial charge in [0.15, 0.2) is 6.61 Å². The highest BCUT2D eigenvalue weighted by atomic mass is 32.1. The van der Waals surface area contributed by atoms with Crippen molar-refractivity contribution in [2.75, 3.05) is 19.7 Å². The molecule has 0 atom stereocenters. The smallest absolute Gasteiger partial charge is 0.350 e. The van der Waals surface area contributed by atoms with Gasteiger partial charge in [-0.2, -0.15) is 0 Å². The lowest BCUT2D eigenvalue weighted by atomic mass is 10.2. The van der Waals surface area contributed by atoms with Crippen molar-refractivity contribution in [1.29, 1.82) is 0 Å². The Morgan fingerprint density at radius 3 is 2.75 bits per heavy atom. The number of imide groups is 1. The van der Waals surface area contributed by atoms with Crippen LogP contribution in [-0.2, 0) is 9.53 Å². The summed E-state index contributed by atoms with van der Waals surface area (Å²) in [5.74, 6) is -1.15. The van der Waals surface area contributed by atoms with Crippen molar-refractivity contribution < 1.29 is 19.1 Å². The Kier molecular flexibility index (Phi) is 4.57. The first-order valence-corrected chi connectivity index (χ1v) is 8.16. The molecule has 1 aliphatic heterocycles. The zero-order valence-electron chi connectivity index (χ0n) is 12.9. The van der Waals surface area contributed by atoms with Gasteiger partial charge in [0.05, 0.1) is 5.69 Å². The molecule has 3 amide bonds. The molecule has 0 spiro atoms. The van der Waals surface area contributed by atoms with E-state index in [2.05, 4.69) is 10.3 Å². The van der Waals surface area contributed by atoms with E-state index in [9.17, 15) is 14.4 Å². The second-order valence-corrected chi connectivity index (χ2v) is 6.15. The van der Waals surface area contributed by atoms with Crippen LogP contribution >= 0.6 is 11.3 Å². The Bertz CT molecular complexity index is 788. The third-order valence-electron chi connectivity index (χ3n) is 3.49. The molecule has 0 bridgehead atoms. The summed E-state index contributed by atoms with van der Waals surface area (Å²) in [5.41, 5.74) is 1.46. The molecule has 2 heterocycles. The number of ether oxygens (including phenoxy) is 1. The summed E-state index contributed by atoms with van der Waals surface area (Å²) in [7, 11) is 0. The predicted octanol–water partition coefficient (Wildman–Crippen LogP) is 1.83. The van der Waals surface area contributed by atoms with Gasteiger partial charge in [-0.15, -0.1) is 11.3 Å². The van der Waals surface area contributed by atoms with E-state index in [0.717, 1.165) is 10.5 Å². The molecule has 0 unspecified atom stereocenters. The largest absolute Gasteiger partial charge is 0.451 e. The summed E-state index contributed by atoms with van der Waals surface area (Å²) >= 11 is 1.22. The Morgan fingerprint density at radius 1 is 1.33 bits per heavy atom. The molecule has 3 rings (SSSR count). The van der Waals surface area contributed by atoms with Gasteiger partial charge in [0, 0.05) is 18.7 Å². The number of benzene rings is 1. The second-order valence-electron chi connectivity index (χ2n) is 5.15. The molecule has 8 heteroatoms. The van der Waals surface area contributed by atoms with Gasteiger partial charge in [-0.1, -0.05) is 30.3 Å². The monoisotopic (exact) mass is 345 g/mol. The minimum atomic E-state index is -0.611. The lowest BCUT2D eigenvalue weighted by Crippen LogP contribution is -2.37. The zero-order chi connectivity index (χ0) is 17.1. The number of hydrogen-bond acceptors (Lipinski definition) is 6. The van der Waals surface area contributed by atoms with E-state index in [4.69, 9.17) is 4.74 Å². The number of hydrogen-bond donors (Lipinski definition) is 1. The number of nitrogens with one attached hydrogen (secondary N) is 1. The summed E-state index contributed by atoms with van der Waals surface area (Å²) in [4.78, 5) is 41.2. The number of aryl methyl sites for hydroxylation is 1. The second kappa shape index (κ2) is 6.79. The fourth-order valence-electron chi connectivity index (χ4n) is 2.27. The minimum Gasteiger partial charge on any atom is -0.451 e. The van der Waals surface area contributed by atoms with Crippen LogP contribution in [0.5, 0.6) is 0 Å². The molecular formula is C16H15N3O4S. The zero-order valence-corrected chi connectivity index (χ0v) is 13.8. The summed E-state index contributed by atoms with van der Waals surface area (Å²) in [5, 5.41) is 3.23. The number of carbonyl (C=O) groups excluding carboxylic acids is 3. The van der Waals surface area contributed by atoms with Gasteiger partial charge in [-0.25, -0.2) is 14.6 Å². The van der Waals surface area contributed by atoms with Gasteiger partial charge in [-0.3, -0.25) is 9.69 Å². The van der Waals surface area contributed by atoms with E-state index in [-0.39, 0.29) is 6.54 Å². The standard InChI is InChI=1S/C16H15N3O4S/c1-10-13(24-14(18-10)11-5-3-2-4-6-11)15(21)23-9-12(20)19-8-7-17-16(19)22/h2-6H,7-9H2,1H3,(H,17,22). The van der Waals surface area contributed by atoms with Gasteiger partial charge >= 0.3 is 12.0 Å². The highest BCUT2D eigenvalue weighted by Crippen LogP contribution is 2.28. The molecule has 0 saturated carbocycles. The van der Waals surface area contributed by atoms with Crippen LogP contribution < -0.4 is 5.32 Å². The van der Waals surface area contributed by atoms with Crippen molar-refractivity contribution in [3.05, 3.63) is 40.9 Å². The number of carbonyl (C=O) groups is 3. The Morgan fingerprint density at radius 2 is 2.08 bits per heavy atom. The average Bonchev–Trinajstić information content (AvgIpc) is 3.19. The van der Waals surface area contributed by atoms with Crippen LogP contribution in [0.25, 0.3) is 10.6 Å². The first-order valence-electron chi connectivity index (χ1n) is 7.34. The van der Waals surface area contributed by atoms with Gasteiger partial charge in [0.2, 0.25) is 0 Å². The third kappa shape index (κ3) is 3.28. The maximum Gasteiger partial charge on any atom is 0.350 e. The van der Waals surface area contributed by atoms with E-state index in [1.165, 1.54) is 11.3 Å². The molecule has 1 N–H and O–H groups in total. The van der Waals surface area contributed by atoms with E-state index in [1.807, 2.05) is 30.3 Å². The highest BCUT2D eigenvalue weighted by molar-refractivity contribution is 7.17. The molecule has 1 fully saturated rings. The van der Waals surface area contributed by atoms with Crippen LogP contribution in [0.1, 0.15) is 15.4 Å². The summed E-state index contributed by atoms with van der Waals surface area (Å²) in [6.45, 7) is 1.94. The topological polar surface area (TPSA) is 88.6 Å². The summed E-state index contributed by atoms with van der Waals surface area (Å²) in [6.07, 6.45) is 0. The molecule has 1 aromatic carbocycles. The number of amides is 3. The lowest BCUT2D eigenvalue weighted by Gasteiger charge is -2.11. The van der Waals surface area contributed by atoms with E-state index < -0.39 is 24.5 Å². The summed E-state index contributed by atoms with van der Waals surface area (Å²) < 4.78 is 5.04. The van der Waals surface area contributed by atoms with Crippen molar-refractivity contribution in [3.63, 3.8) is 0 Å². The van der Waals surface area contributed by atoms with Crippen LogP contribution in [-0.4, -0.2) is 47.5 Å². The number of esters is 1. The van der Waals surface area contributed by atoms with E-state index >= 15 is 0 Å². The van der Waals surface area contributed by atoms with Gasteiger partial charge in [-0.05, 0) is 6.92 Å². The number of aromatic nitrogens is 1. The maximum atomic E-state index is 12.2. The maximum absolute atomic E-state index is 12.2. The molecule has 2 aromatic rings. The van der Waals surface area contributed by atoms with E-state index in [1.54, 1.807) is 6.92 Å². The molecule has 0 aliphatic carbocycles. The van der Waals surface area contributed by atoms with Gasteiger partial charge in [0.1, 0.15) is 9.88 Å². The summed E-state index contributed by atoms with van der Waals surface area (Å²) in [6, 6.07) is 9.04. The van der Waals surface area contributed by atoms with Crippen LogP contribution in [0.2, 0.25) is 0 Å². The van der Waals surface area contributed by atoms with Gasteiger partial charge < -0.3 is 10.1 Å². The Labute approximate surface area is 142 Å². The fraction of sp³-hybridized carbons (Fsp3) is 0.250. The van der Waals surface area contributed by atoms with Crippen LogP contribution in [0.15, 0.2) is 30.3 Å². The molecule has 0 radical (unpaired) electrons. The molecule has 1 saturated heterocycles. The molecule has 124 valence electrons. The van der Waals surface area contributed by atoms with Crippen LogP contribution in [0.4, 0.5) is 4.79 Å². The Hall–Kier alpha value is -2.74. The number of thiazole rings is 1. The van der Waals surface area contributed by atoms with Crippen LogP contribution in [0.3, 0.4) is 0 Å². The normalized spacial score (nSPS) is 13.7. The molecule has 1 aliphatic rings. The predicted molar refractivity (Wildman–Crippen MR) is 87.7 cm³/mol. The third-order valence-corrected chi connectivity index (χ3v) is 4.67. The first kappa shape index (κ1) is 16.1. The van der Waals surface area contributed by atoms with Gasteiger partial charge in [0.25, 0.3) is 5.91 Å². The Balaban J connectivity index is 1.66. The van der Waals surface area contributed by atoms with E-state index in [0.29, 0.717) is 22.1 Å². The van der Waals surface area contributed by atoms with Crippen molar-refractivity contribution >= 4 is 29.2 Å². The van der Waals surface area contributed by atoms with Crippen LogP contribution in [0, 0.1) is 6.92 Å². The molecule has 1 aromatic heterocycles. The average molecular weight is 345 g/mol. The number of rotatable bonds is 4. The molecular weight excluding hydrogens is 330 g/mol. The minimum absolute atomic E-state index is 0.285. The lowest BCUT2D eigenvalue weighted by molar-refractivity contribution is -0.130. The number of urea groups is 1. The van der Waals surface area contributed by atoms with Crippen molar-refractivity contribution in [2.45, 2.75) is 6.92 Å². The SMILES string of the molecule is Cc1nc(-c2ccccc2)sc1C(=O)OCC(=O)N1CCNC1=O. The van der Waals surface area contributed by atoms with Crippen molar-refractivity contribution in [3.8, 4) is 10.6 Å². The highest BCUT2D eigenvalue weighted by Gasteiger charge is 2.27. The fourth-order valence-corrected chi connectivity index (χ4v) is 3.24. The number of nitrogens with zero attached hydrogens (tertiary/aromatic N) is 2. The molecule has 7 nitrogen and oxygen atoms in total. The van der Waals surface area contributed by atoms with Crippen molar-refractivity contribution in [2.24, 2.45) is 0 Å². The van der Waals surface area contributed by atoms with Crippen molar-refractivity contribution in [1.82, 2.24) is 15.2 Å². The first-order chi connectivity index (χ1) is 11.6.